The van der Waals surface area contributed by atoms with Crippen molar-refractivity contribution in [3.05, 3.63) is 74.7 Å². The van der Waals surface area contributed by atoms with Crippen LogP contribution in [0.25, 0.3) is 11.4 Å². The molecule has 0 amide bonds. The third-order valence-electron chi connectivity index (χ3n) is 3.11. The lowest BCUT2D eigenvalue weighted by atomic mass is 10.2. The van der Waals surface area contributed by atoms with E-state index < -0.39 is 0 Å². The molecule has 112 valence electrons. The molecule has 22 heavy (non-hydrogen) atoms. The molecule has 1 aromatic heterocycles. The van der Waals surface area contributed by atoms with Crippen LogP contribution in [-0.4, -0.2) is 9.55 Å². The maximum absolute atomic E-state index is 13.5. The summed E-state index contributed by atoms with van der Waals surface area (Å²) in [5, 5.41) is 1.09. The molecule has 1 heterocycles. The zero-order valence-electron chi connectivity index (χ0n) is 11.2. The van der Waals surface area contributed by atoms with Crippen LogP contribution in [0.4, 0.5) is 4.39 Å². The van der Waals surface area contributed by atoms with Gasteiger partial charge in [0, 0.05) is 39.0 Å². The maximum atomic E-state index is 13.5. The van der Waals surface area contributed by atoms with Crippen molar-refractivity contribution in [2.75, 3.05) is 0 Å². The fraction of sp³-hybridized carbons (Fsp3) is 0.0625. The molecule has 0 unspecified atom stereocenters. The summed E-state index contributed by atoms with van der Waals surface area (Å²) in [4.78, 5) is 4.35. The van der Waals surface area contributed by atoms with Crippen molar-refractivity contribution in [1.29, 1.82) is 0 Å². The Bertz CT molecular complexity index is 792. The second-order valence-electron chi connectivity index (χ2n) is 4.81. The first-order valence-corrected chi connectivity index (χ1v) is 7.99. The number of hydrogen-bond donors (Lipinski definition) is 0. The highest BCUT2D eigenvalue weighted by Crippen LogP contribution is 2.27. The molecule has 2 aromatic carbocycles. The van der Waals surface area contributed by atoms with Crippen LogP contribution >= 0.6 is 39.1 Å². The lowest BCUT2D eigenvalue weighted by Crippen LogP contribution is -2.01. The van der Waals surface area contributed by atoms with Crippen molar-refractivity contribution in [3.8, 4) is 11.4 Å². The maximum Gasteiger partial charge on any atom is 0.140 e. The predicted molar refractivity (Wildman–Crippen MR) is 90.9 cm³/mol. The molecule has 6 heteroatoms. The summed E-state index contributed by atoms with van der Waals surface area (Å²) in [5.41, 5.74) is 1.65. The van der Waals surface area contributed by atoms with Gasteiger partial charge in [0.25, 0.3) is 0 Å². The minimum Gasteiger partial charge on any atom is -0.327 e. The third-order valence-corrected chi connectivity index (χ3v) is 4.01. The van der Waals surface area contributed by atoms with Gasteiger partial charge in [0.15, 0.2) is 0 Å². The largest absolute Gasteiger partial charge is 0.327 e. The zero-order chi connectivity index (χ0) is 15.7. The van der Waals surface area contributed by atoms with Crippen molar-refractivity contribution in [2.24, 2.45) is 0 Å². The SMILES string of the molecule is Fc1cc(Br)cc(Cn2ccnc2-c2cc(Cl)cc(Cl)c2)c1. The van der Waals surface area contributed by atoms with E-state index in [2.05, 4.69) is 20.9 Å². The van der Waals surface area contributed by atoms with Gasteiger partial charge in [0.2, 0.25) is 0 Å². The average Bonchev–Trinajstić information content (AvgIpc) is 2.84. The molecule has 0 aliphatic rings. The lowest BCUT2D eigenvalue weighted by Gasteiger charge is -2.09. The molecule has 2 nitrogen and oxygen atoms in total. The Morgan fingerprint density at radius 2 is 1.77 bits per heavy atom. The molecule has 0 spiro atoms. The van der Waals surface area contributed by atoms with Crippen LogP contribution in [-0.2, 0) is 6.54 Å². The topological polar surface area (TPSA) is 17.8 Å². The molecule has 0 atom stereocenters. The molecule has 0 aliphatic carbocycles. The van der Waals surface area contributed by atoms with Crippen molar-refractivity contribution in [1.82, 2.24) is 9.55 Å². The Morgan fingerprint density at radius 3 is 2.45 bits per heavy atom. The van der Waals surface area contributed by atoms with Gasteiger partial charge in [0.05, 0.1) is 0 Å². The van der Waals surface area contributed by atoms with E-state index in [1.807, 2.05) is 16.8 Å². The van der Waals surface area contributed by atoms with Crippen molar-refractivity contribution in [2.45, 2.75) is 6.54 Å². The highest BCUT2D eigenvalue weighted by Gasteiger charge is 2.09. The van der Waals surface area contributed by atoms with Crippen LogP contribution in [0.2, 0.25) is 10.0 Å². The summed E-state index contributed by atoms with van der Waals surface area (Å²) in [7, 11) is 0. The van der Waals surface area contributed by atoms with Gasteiger partial charge in [-0.05, 0) is 42.0 Å². The van der Waals surface area contributed by atoms with Crippen LogP contribution in [0.5, 0.6) is 0 Å². The fourth-order valence-electron chi connectivity index (χ4n) is 2.28. The Morgan fingerprint density at radius 1 is 1.05 bits per heavy atom. The first kappa shape index (κ1) is 15.5. The quantitative estimate of drug-likeness (QED) is 0.543. The van der Waals surface area contributed by atoms with Gasteiger partial charge in [-0.15, -0.1) is 0 Å². The lowest BCUT2D eigenvalue weighted by molar-refractivity contribution is 0.622. The van der Waals surface area contributed by atoms with Crippen molar-refractivity contribution in [3.63, 3.8) is 0 Å². The number of aromatic nitrogens is 2. The molecule has 0 N–H and O–H groups in total. The molecule has 0 saturated carbocycles. The highest BCUT2D eigenvalue weighted by atomic mass is 79.9. The number of nitrogens with zero attached hydrogens (tertiary/aromatic N) is 2. The molecule has 0 bridgehead atoms. The molecule has 3 rings (SSSR count). The Labute approximate surface area is 145 Å². The van der Waals surface area contributed by atoms with Gasteiger partial charge in [0.1, 0.15) is 11.6 Å². The number of halogens is 4. The Balaban J connectivity index is 1.98. The van der Waals surface area contributed by atoms with Gasteiger partial charge in [-0.25, -0.2) is 9.37 Å². The number of imidazole rings is 1. The standard InChI is InChI=1S/C16H10BrCl2FN2/c17-12-3-10(4-15(20)7-12)9-22-2-1-21-16(22)11-5-13(18)8-14(19)6-11/h1-8H,9H2. The van der Waals surface area contributed by atoms with Crippen LogP contribution in [0, 0.1) is 5.82 Å². The van der Waals surface area contributed by atoms with Crippen molar-refractivity contribution >= 4 is 39.1 Å². The number of hydrogen-bond acceptors (Lipinski definition) is 1. The predicted octanol–water partition coefficient (Wildman–Crippen LogP) is 5.81. The number of benzene rings is 2. The molecule has 0 fully saturated rings. The van der Waals surface area contributed by atoms with E-state index in [1.165, 1.54) is 12.1 Å². The van der Waals surface area contributed by atoms with Crippen molar-refractivity contribution < 1.29 is 4.39 Å². The summed E-state index contributed by atoms with van der Waals surface area (Å²) in [5.74, 6) is 0.446. The summed E-state index contributed by atoms with van der Waals surface area (Å²) in [6, 6.07) is 10.1. The smallest absolute Gasteiger partial charge is 0.140 e. The van der Waals surface area contributed by atoms with E-state index in [9.17, 15) is 4.39 Å². The van der Waals surface area contributed by atoms with Crippen LogP contribution in [0.15, 0.2) is 53.3 Å². The Kier molecular flexibility index (Phi) is 4.52. The third kappa shape index (κ3) is 3.51. The van der Waals surface area contributed by atoms with Crippen LogP contribution in [0.1, 0.15) is 5.56 Å². The molecule has 0 radical (unpaired) electrons. The molecule has 3 aromatic rings. The minimum absolute atomic E-state index is 0.281. The van der Waals surface area contributed by atoms with E-state index >= 15 is 0 Å². The summed E-state index contributed by atoms with van der Waals surface area (Å²) in [6.45, 7) is 0.496. The van der Waals surface area contributed by atoms with E-state index in [1.54, 1.807) is 24.4 Å². The van der Waals surface area contributed by atoms with Gasteiger partial charge in [-0.3, -0.25) is 0 Å². The average molecular weight is 400 g/mol. The second-order valence-corrected chi connectivity index (χ2v) is 6.60. The van der Waals surface area contributed by atoms with Crippen LogP contribution in [0.3, 0.4) is 0 Å². The molecular formula is C16H10BrCl2FN2. The van der Waals surface area contributed by atoms with E-state index in [0.29, 0.717) is 21.1 Å². The first-order chi connectivity index (χ1) is 10.5. The summed E-state index contributed by atoms with van der Waals surface area (Å²) in [6.07, 6.45) is 3.53. The summed E-state index contributed by atoms with van der Waals surface area (Å²) >= 11 is 15.4. The van der Waals surface area contributed by atoms with E-state index in [-0.39, 0.29) is 5.82 Å². The normalized spacial score (nSPS) is 10.9. The van der Waals surface area contributed by atoms with Gasteiger partial charge in [-0.2, -0.15) is 0 Å². The Hall–Kier alpha value is -1.36. The monoisotopic (exact) mass is 398 g/mol. The van der Waals surface area contributed by atoms with Crippen LogP contribution < -0.4 is 0 Å². The van der Waals surface area contributed by atoms with E-state index in [4.69, 9.17) is 23.2 Å². The fourth-order valence-corrected chi connectivity index (χ4v) is 3.32. The second kappa shape index (κ2) is 6.41. The van der Waals surface area contributed by atoms with E-state index in [0.717, 1.165) is 17.0 Å². The first-order valence-electron chi connectivity index (χ1n) is 6.44. The number of rotatable bonds is 3. The van der Waals surface area contributed by atoms with Gasteiger partial charge < -0.3 is 4.57 Å². The zero-order valence-corrected chi connectivity index (χ0v) is 14.3. The van der Waals surface area contributed by atoms with Gasteiger partial charge in [-0.1, -0.05) is 39.1 Å². The molecular weight excluding hydrogens is 390 g/mol. The van der Waals surface area contributed by atoms with Gasteiger partial charge >= 0.3 is 0 Å². The minimum atomic E-state index is -0.281. The summed E-state index contributed by atoms with van der Waals surface area (Å²) < 4.78 is 16.1. The highest BCUT2D eigenvalue weighted by molar-refractivity contribution is 9.10. The molecule has 0 aliphatic heterocycles. The molecule has 0 saturated heterocycles.